The van der Waals surface area contributed by atoms with Gasteiger partial charge in [-0.05, 0) is 49.8 Å². The van der Waals surface area contributed by atoms with Gasteiger partial charge in [-0.25, -0.2) is 0 Å². The lowest BCUT2D eigenvalue weighted by Crippen LogP contribution is -2.37. The molecule has 0 atom stereocenters. The smallest absolute Gasteiger partial charge is 0.231 e. The molecule has 2 aromatic carbocycles. The van der Waals surface area contributed by atoms with Gasteiger partial charge in [-0.2, -0.15) is 0 Å². The predicted octanol–water partition coefficient (Wildman–Crippen LogP) is 3.87. The van der Waals surface area contributed by atoms with Gasteiger partial charge in [0.05, 0.1) is 18.2 Å². The zero-order valence-electron chi connectivity index (χ0n) is 15.1. The number of hydrogen-bond donors (Lipinski definition) is 0. The Morgan fingerprint density at radius 2 is 2.08 bits per heavy atom. The Hall–Kier alpha value is -2.79. The van der Waals surface area contributed by atoms with Crippen molar-refractivity contribution in [2.45, 2.75) is 26.4 Å². The van der Waals surface area contributed by atoms with E-state index in [9.17, 15) is 4.79 Å². The van der Waals surface area contributed by atoms with Crippen LogP contribution in [0.1, 0.15) is 35.3 Å². The van der Waals surface area contributed by atoms with Crippen LogP contribution in [-0.4, -0.2) is 30.6 Å². The SMILES string of the molecule is COc1cccc(/C=C2\Oc3c(ccc4c3CN(C(C)C)CO4)C2=O)c1. The molecule has 0 aliphatic carbocycles. The second kappa shape index (κ2) is 6.50. The van der Waals surface area contributed by atoms with Crippen LogP contribution in [0.4, 0.5) is 0 Å². The lowest BCUT2D eigenvalue weighted by molar-refractivity contribution is 0.0674. The molecule has 5 nitrogen and oxygen atoms in total. The van der Waals surface area contributed by atoms with Crippen molar-refractivity contribution in [3.05, 3.63) is 58.8 Å². The second-order valence-electron chi connectivity index (χ2n) is 6.75. The van der Waals surface area contributed by atoms with E-state index in [0.717, 1.165) is 22.6 Å². The summed E-state index contributed by atoms with van der Waals surface area (Å²) >= 11 is 0. The summed E-state index contributed by atoms with van der Waals surface area (Å²) in [5, 5.41) is 0. The third kappa shape index (κ3) is 2.84. The molecule has 5 heteroatoms. The van der Waals surface area contributed by atoms with Crippen LogP contribution < -0.4 is 14.2 Å². The molecule has 134 valence electrons. The first-order valence-corrected chi connectivity index (χ1v) is 8.68. The molecule has 0 radical (unpaired) electrons. The molecule has 2 heterocycles. The van der Waals surface area contributed by atoms with Gasteiger partial charge in [-0.1, -0.05) is 12.1 Å². The van der Waals surface area contributed by atoms with Crippen LogP contribution in [0.3, 0.4) is 0 Å². The van der Waals surface area contributed by atoms with Gasteiger partial charge in [0.15, 0.2) is 5.76 Å². The van der Waals surface area contributed by atoms with E-state index in [-0.39, 0.29) is 5.78 Å². The van der Waals surface area contributed by atoms with Crippen LogP contribution in [0.15, 0.2) is 42.2 Å². The van der Waals surface area contributed by atoms with Crippen molar-refractivity contribution in [2.75, 3.05) is 13.8 Å². The summed E-state index contributed by atoms with van der Waals surface area (Å²) < 4.78 is 17.1. The summed E-state index contributed by atoms with van der Waals surface area (Å²) in [6.45, 7) is 5.50. The standard InChI is InChI=1S/C21H21NO4/c1-13(2)22-11-17-18(25-12-22)8-7-16-20(23)19(26-21(16)17)10-14-5-4-6-15(9-14)24-3/h4-10,13H,11-12H2,1-3H3/b19-10-. The third-order valence-corrected chi connectivity index (χ3v) is 4.77. The first kappa shape index (κ1) is 16.7. The first-order chi connectivity index (χ1) is 12.6. The molecular formula is C21H21NO4. The Bertz CT molecular complexity index is 901. The number of nitrogens with zero attached hydrogens (tertiary/aromatic N) is 1. The van der Waals surface area contributed by atoms with Crippen LogP contribution in [0.2, 0.25) is 0 Å². The van der Waals surface area contributed by atoms with Crippen LogP contribution in [-0.2, 0) is 6.54 Å². The number of allylic oxidation sites excluding steroid dienone is 1. The highest BCUT2D eigenvalue weighted by atomic mass is 16.5. The van der Waals surface area contributed by atoms with Crippen molar-refractivity contribution in [3.63, 3.8) is 0 Å². The fraction of sp³-hybridized carbons (Fsp3) is 0.286. The summed E-state index contributed by atoms with van der Waals surface area (Å²) in [6.07, 6.45) is 1.75. The number of ketones is 1. The maximum Gasteiger partial charge on any atom is 0.231 e. The Balaban J connectivity index is 1.69. The van der Waals surface area contributed by atoms with Gasteiger partial charge in [-0.3, -0.25) is 9.69 Å². The second-order valence-corrected chi connectivity index (χ2v) is 6.75. The lowest BCUT2D eigenvalue weighted by Gasteiger charge is -2.32. The molecule has 0 saturated heterocycles. The molecule has 0 bridgehead atoms. The van der Waals surface area contributed by atoms with Crippen LogP contribution in [0, 0.1) is 0 Å². The Kier molecular flexibility index (Phi) is 4.17. The highest BCUT2D eigenvalue weighted by Crippen LogP contribution is 2.42. The highest BCUT2D eigenvalue weighted by Gasteiger charge is 2.33. The molecule has 0 saturated carbocycles. The van der Waals surface area contributed by atoms with Crippen molar-refractivity contribution in [1.82, 2.24) is 4.90 Å². The molecule has 0 N–H and O–H groups in total. The summed E-state index contributed by atoms with van der Waals surface area (Å²) in [4.78, 5) is 15.0. The number of ether oxygens (including phenoxy) is 3. The summed E-state index contributed by atoms with van der Waals surface area (Å²) in [6, 6.07) is 11.5. The number of rotatable bonds is 3. The number of Topliss-reactive ketones (excluding diaryl/α,β-unsaturated/α-hetero) is 1. The predicted molar refractivity (Wildman–Crippen MR) is 98.5 cm³/mol. The van der Waals surface area contributed by atoms with Crippen LogP contribution in [0.5, 0.6) is 17.2 Å². The van der Waals surface area contributed by atoms with Crippen LogP contribution in [0.25, 0.3) is 6.08 Å². The number of carbonyl (C=O) groups is 1. The number of methoxy groups -OCH3 is 1. The normalized spacial score (nSPS) is 17.7. The number of carbonyl (C=O) groups excluding carboxylic acids is 1. The molecule has 0 spiro atoms. The molecule has 2 aliphatic rings. The third-order valence-electron chi connectivity index (χ3n) is 4.77. The largest absolute Gasteiger partial charge is 0.497 e. The van der Waals surface area contributed by atoms with E-state index in [4.69, 9.17) is 14.2 Å². The highest BCUT2D eigenvalue weighted by molar-refractivity contribution is 6.15. The van der Waals surface area contributed by atoms with Gasteiger partial charge in [-0.15, -0.1) is 0 Å². The Labute approximate surface area is 152 Å². The topological polar surface area (TPSA) is 48.0 Å². The molecule has 0 fully saturated rings. The lowest BCUT2D eigenvalue weighted by atomic mass is 10.0. The number of hydrogen-bond acceptors (Lipinski definition) is 5. The molecule has 4 rings (SSSR count). The summed E-state index contributed by atoms with van der Waals surface area (Å²) in [7, 11) is 1.62. The Morgan fingerprint density at radius 3 is 2.85 bits per heavy atom. The van der Waals surface area contributed by atoms with Crippen LogP contribution >= 0.6 is 0 Å². The maximum absolute atomic E-state index is 12.8. The molecular weight excluding hydrogens is 330 g/mol. The minimum atomic E-state index is -0.104. The molecule has 2 aliphatic heterocycles. The quantitative estimate of drug-likeness (QED) is 0.786. The van der Waals surface area contributed by atoms with Gasteiger partial charge < -0.3 is 14.2 Å². The molecule has 0 unspecified atom stereocenters. The Morgan fingerprint density at radius 1 is 1.23 bits per heavy atom. The number of benzene rings is 2. The molecule has 2 aromatic rings. The van der Waals surface area contributed by atoms with Gasteiger partial charge in [0.1, 0.15) is 24.0 Å². The van der Waals surface area contributed by atoms with E-state index in [0.29, 0.717) is 36.4 Å². The molecule has 0 amide bonds. The number of fused-ring (bicyclic) bond motifs is 3. The van der Waals surface area contributed by atoms with Crippen molar-refractivity contribution in [2.24, 2.45) is 0 Å². The van der Waals surface area contributed by atoms with Crippen molar-refractivity contribution in [3.8, 4) is 17.2 Å². The van der Waals surface area contributed by atoms with E-state index in [1.807, 2.05) is 30.3 Å². The minimum absolute atomic E-state index is 0.104. The molecule has 26 heavy (non-hydrogen) atoms. The van der Waals surface area contributed by atoms with Gasteiger partial charge >= 0.3 is 0 Å². The molecule has 0 aromatic heterocycles. The van der Waals surface area contributed by atoms with E-state index in [2.05, 4.69) is 18.7 Å². The summed E-state index contributed by atoms with van der Waals surface area (Å²) in [5.41, 5.74) is 2.38. The zero-order chi connectivity index (χ0) is 18.3. The van der Waals surface area contributed by atoms with Crippen molar-refractivity contribution in [1.29, 1.82) is 0 Å². The van der Waals surface area contributed by atoms with Gasteiger partial charge in [0.2, 0.25) is 5.78 Å². The van der Waals surface area contributed by atoms with E-state index in [1.165, 1.54) is 0 Å². The average Bonchev–Trinajstić information content (AvgIpc) is 2.97. The average molecular weight is 351 g/mol. The fourth-order valence-corrected chi connectivity index (χ4v) is 3.19. The van der Waals surface area contributed by atoms with E-state index < -0.39 is 0 Å². The zero-order valence-corrected chi connectivity index (χ0v) is 15.1. The maximum atomic E-state index is 12.8. The van der Waals surface area contributed by atoms with Crippen molar-refractivity contribution >= 4 is 11.9 Å². The minimum Gasteiger partial charge on any atom is -0.497 e. The van der Waals surface area contributed by atoms with E-state index >= 15 is 0 Å². The van der Waals surface area contributed by atoms with E-state index in [1.54, 1.807) is 19.3 Å². The fourth-order valence-electron chi connectivity index (χ4n) is 3.19. The van der Waals surface area contributed by atoms with Gasteiger partial charge in [0.25, 0.3) is 0 Å². The summed E-state index contributed by atoms with van der Waals surface area (Å²) in [5.74, 6) is 2.36. The van der Waals surface area contributed by atoms with Gasteiger partial charge in [0, 0.05) is 12.6 Å². The van der Waals surface area contributed by atoms with Crippen molar-refractivity contribution < 1.29 is 19.0 Å². The first-order valence-electron chi connectivity index (χ1n) is 8.68. The monoisotopic (exact) mass is 351 g/mol.